The van der Waals surface area contributed by atoms with E-state index in [0.717, 1.165) is 13.0 Å². The van der Waals surface area contributed by atoms with Gasteiger partial charge >= 0.3 is 0 Å². The molecule has 0 radical (unpaired) electrons. The normalized spacial score (nSPS) is 27.4. The molecule has 2 nitrogen and oxygen atoms in total. The molecule has 1 aliphatic carbocycles. The number of hydrogen-bond donors (Lipinski definition) is 0. The average Bonchev–Trinajstić information content (AvgIpc) is 2.34. The maximum Gasteiger partial charge on any atom is 0.138 e. The van der Waals surface area contributed by atoms with E-state index in [9.17, 15) is 4.79 Å². The van der Waals surface area contributed by atoms with Gasteiger partial charge in [0.05, 0.1) is 0 Å². The first-order valence-corrected chi connectivity index (χ1v) is 7.28. The zero-order valence-electron chi connectivity index (χ0n) is 12.5. The minimum Gasteiger partial charge on any atom is -0.374 e. The van der Waals surface area contributed by atoms with Crippen molar-refractivity contribution in [2.75, 3.05) is 18.5 Å². The van der Waals surface area contributed by atoms with Gasteiger partial charge in [0.2, 0.25) is 0 Å². The van der Waals surface area contributed by atoms with Crippen molar-refractivity contribution in [3.8, 4) is 0 Å². The molecule has 1 aromatic carbocycles. The smallest absolute Gasteiger partial charge is 0.138 e. The lowest BCUT2D eigenvalue weighted by Gasteiger charge is -2.34. The summed E-state index contributed by atoms with van der Waals surface area (Å²) >= 11 is 0. The zero-order valence-corrected chi connectivity index (χ0v) is 12.5. The highest BCUT2D eigenvalue weighted by Crippen LogP contribution is 2.32. The number of ketones is 1. The predicted octanol–water partition coefficient (Wildman–Crippen LogP) is 3.68. The van der Waals surface area contributed by atoms with Crippen molar-refractivity contribution in [3.05, 3.63) is 29.8 Å². The molecule has 2 rings (SSSR count). The van der Waals surface area contributed by atoms with Gasteiger partial charge < -0.3 is 4.90 Å². The Morgan fingerprint density at radius 3 is 2.42 bits per heavy atom. The van der Waals surface area contributed by atoms with E-state index in [1.54, 1.807) is 0 Å². The first-order chi connectivity index (χ1) is 8.97. The van der Waals surface area contributed by atoms with Crippen molar-refractivity contribution in [2.45, 2.75) is 33.6 Å². The highest BCUT2D eigenvalue weighted by atomic mass is 16.1. The standard InChI is InChI=1S/C17H25NO/c1-12-5-7-15(8-6-12)18(4)11-16-14(3)9-13(2)10-17(16)19/h5-8,13-14,16H,9-11H2,1-4H3. The summed E-state index contributed by atoms with van der Waals surface area (Å²) in [7, 11) is 2.09. The Labute approximate surface area is 116 Å². The van der Waals surface area contributed by atoms with Crippen molar-refractivity contribution >= 4 is 11.5 Å². The summed E-state index contributed by atoms with van der Waals surface area (Å²) in [6.07, 6.45) is 1.94. The Morgan fingerprint density at radius 2 is 1.84 bits per heavy atom. The number of anilines is 1. The molecule has 0 amide bonds. The lowest BCUT2D eigenvalue weighted by molar-refractivity contribution is -0.127. The molecule has 2 heteroatoms. The molecule has 0 spiro atoms. The first-order valence-electron chi connectivity index (χ1n) is 7.28. The van der Waals surface area contributed by atoms with Crippen LogP contribution in [0.2, 0.25) is 0 Å². The number of Topliss-reactive ketones (excluding diaryl/α,β-unsaturated/α-hetero) is 1. The summed E-state index contributed by atoms with van der Waals surface area (Å²) in [5, 5.41) is 0. The Morgan fingerprint density at radius 1 is 1.21 bits per heavy atom. The summed E-state index contributed by atoms with van der Waals surface area (Å²) in [5.74, 6) is 1.71. The van der Waals surface area contributed by atoms with Gasteiger partial charge in [-0.15, -0.1) is 0 Å². The predicted molar refractivity (Wildman–Crippen MR) is 80.5 cm³/mol. The van der Waals surface area contributed by atoms with Crippen molar-refractivity contribution in [1.29, 1.82) is 0 Å². The van der Waals surface area contributed by atoms with Crippen LogP contribution in [0.4, 0.5) is 5.69 Å². The minimum atomic E-state index is 0.197. The van der Waals surface area contributed by atoms with E-state index in [1.165, 1.54) is 17.7 Å². The van der Waals surface area contributed by atoms with Gasteiger partial charge in [0, 0.05) is 31.6 Å². The van der Waals surface area contributed by atoms with Crippen LogP contribution in [0.25, 0.3) is 0 Å². The zero-order chi connectivity index (χ0) is 14.0. The molecule has 0 aromatic heterocycles. The van der Waals surface area contributed by atoms with Crippen molar-refractivity contribution in [1.82, 2.24) is 0 Å². The van der Waals surface area contributed by atoms with Gasteiger partial charge in [0.15, 0.2) is 0 Å². The lowest BCUT2D eigenvalue weighted by Crippen LogP contribution is -2.38. The summed E-state index contributed by atoms with van der Waals surface area (Å²) in [5.41, 5.74) is 2.47. The number of rotatable bonds is 3. The molecular formula is C17H25NO. The SMILES string of the molecule is Cc1ccc(N(C)CC2C(=O)CC(C)CC2C)cc1. The third-order valence-corrected chi connectivity index (χ3v) is 4.37. The average molecular weight is 259 g/mol. The second-order valence-corrected chi connectivity index (χ2v) is 6.31. The topological polar surface area (TPSA) is 20.3 Å². The van der Waals surface area contributed by atoms with Crippen molar-refractivity contribution in [3.63, 3.8) is 0 Å². The molecule has 1 aromatic rings. The van der Waals surface area contributed by atoms with E-state index in [1.807, 2.05) is 0 Å². The van der Waals surface area contributed by atoms with Crippen LogP contribution in [0.3, 0.4) is 0 Å². The van der Waals surface area contributed by atoms with Gasteiger partial charge in [-0.2, -0.15) is 0 Å². The number of carbonyl (C=O) groups excluding carboxylic acids is 1. The van der Waals surface area contributed by atoms with Crippen LogP contribution in [-0.4, -0.2) is 19.4 Å². The van der Waals surface area contributed by atoms with Crippen molar-refractivity contribution in [2.24, 2.45) is 17.8 Å². The second-order valence-electron chi connectivity index (χ2n) is 6.31. The monoisotopic (exact) mass is 259 g/mol. The lowest BCUT2D eigenvalue weighted by atomic mass is 9.74. The molecule has 0 bridgehead atoms. The molecular weight excluding hydrogens is 234 g/mol. The highest BCUT2D eigenvalue weighted by Gasteiger charge is 2.32. The molecule has 1 aliphatic rings. The van der Waals surface area contributed by atoms with Crippen LogP contribution in [0.5, 0.6) is 0 Å². The largest absolute Gasteiger partial charge is 0.374 e. The third kappa shape index (κ3) is 3.37. The van der Waals surface area contributed by atoms with E-state index in [-0.39, 0.29) is 5.92 Å². The maximum atomic E-state index is 12.2. The molecule has 0 heterocycles. The van der Waals surface area contributed by atoms with Crippen molar-refractivity contribution < 1.29 is 4.79 Å². The number of carbonyl (C=O) groups is 1. The van der Waals surface area contributed by atoms with E-state index >= 15 is 0 Å². The minimum absolute atomic E-state index is 0.197. The molecule has 1 fully saturated rings. The Balaban J connectivity index is 2.03. The van der Waals surface area contributed by atoms with Crippen LogP contribution in [0, 0.1) is 24.7 Å². The van der Waals surface area contributed by atoms with E-state index in [2.05, 4.69) is 57.0 Å². The number of nitrogens with zero attached hydrogens (tertiary/aromatic N) is 1. The molecule has 3 atom stereocenters. The van der Waals surface area contributed by atoms with Gasteiger partial charge in [-0.05, 0) is 37.3 Å². The summed E-state index contributed by atoms with van der Waals surface area (Å²) < 4.78 is 0. The summed E-state index contributed by atoms with van der Waals surface area (Å²) in [4.78, 5) is 14.4. The van der Waals surface area contributed by atoms with Gasteiger partial charge in [-0.25, -0.2) is 0 Å². The molecule has 3 unspecified atom stereocenters. The second kappa shape index (κ2) is 5.77. The highest BCUT2D eigenvalue weighted by molar-refractivity contribution is 5.83. The Bertz CT molecular complexity index is 437. The fraction of sp³-hybridized carbons (Fsp3) is 0.588. The van der Waals surface area contributed by atoms with E-state index in [0.29, 0.717) is 17.6 Å². The van der Waals surface area contributed by atoms with Gasteiger partial charge in [0.1, 0.15) is 5.78 Å². The summed E-state index contributed by atoms with van der Waals surface area (Å²) in [6.45, 7) is 7.35. The quantitative estimate of drug-likeness (QED) is 0.825. The van der Waals surface area contributed by atoms with Crippen LogP contribution < -0.4 is 4.90 Å². The van der Waals surface area contributed by atoms with Crippen LogP contribution in [0.15, 0.2) is 24.3 Å². The Hall–Kier alpha value is -1.31. The van der Waals surface area contributed by atoms with Crippen LogP contribution in [-0.2, 0) is 4.79 Å². The fourth-order valence-corrected chi connectivity index (χ4v) is 3.18. The third-order valence-electron chi connectivity index (χ3n) is 4.37. The molecule has 1 saturated carbocycles. The van der Waals surface area contributed by atoms with Gasteiger partial charge in [-0.1, -0.05) is 31.5 Å². The molecule has 19 heavy (non-hydrogen) atoms. The first kappa shape index (κ1) is 14.1. The van der Waals surface area contributed by atoms with Gasteiger partial charge in [0.25, 0.3) is 0 Å². The van der Waals surface area contributed by atoms with Gasteiger partial charge in [-0.3, -0.25) is 4.79 Å². The molecule has 0 saturated heterocycles. The fourth-order valence-electron chi connectivity index (χ4n) is 3.18. The van der Waals surface area contributed by atoms with E-state index in [4.69, 9.17) is 0 Å². The molecule has 0 aliphatic heterocycles. The Kier molecular flexibility index (Phi) is 4.28. The molecule has 104 valence electrons. The summed E-state index contributed by atoms with van der Waals surface area (Å²) in [6, 6.07) is 8.52. The van der Waals surface area contributed by atoms with E-state index < -0.39 is 0 Å². The number of benzene rings is 1. The number of aryl methyl sites for hydroxylation is 1. The van der Waals surface area contributed by atoms with Crippen LogP contribution >= 0.6 is 0 Å². The van der Waals surface area contributed by atoms with Crippen LogP contribution in [0.1, 0.15) is 32.3 Å². The maximum absolute atomic E-state index is 12.2. The number of hydrogen-bond acceptors (Lipinski definition) is 2. The molecule has 0 N–H and O–H groups in total.